The van der Waals surface area contributed by atoms with E-state index in [1.54, 1.807) is 0 Å². The summed E-state index contributed by atoms with van der Waals surface area (Å²) >= 11 is 0. The zero-order valence-corrected chi connectivity index (χ0v) is 16.3. The van der Waals surface area contributed by atoms with Crippen molar-refractivity contribution >= 4 is 28.0 Å². The molecule has 3 N–H and O–H groups in total. The van der Waals surface area contributed by atoms with Crippen LogP contribution in [-0.2, 0) is 6.18 Å². The summed E-state index contributed by atoms with van der Waals surface area (Å²) in [6, 6.07) is 3.31. The Morgan fingerprint density at radius 3 is 2.57 bits per heavy atom. The first-order chi connectivity index (χ1) is 13.9. The van der Waals surface area contributed by atoms with Crippen molar-refractivity contribution in [2.24, 2.45) is 0 Å². The molecule has 0 saturated heterocycles. The normalized spacial score (nSPS) is 12.6. The van der Waals surface area contributed by atoms with Gasteiger partial charge in [0.25, 0.3) is 5.91 Å². The van der Waals surface area contributed by atoms with Crippen molar-refractivity contribution < 1.29 is 18.0 Å². The van der Waals surface area contributed by atoms with Crippen LogP contribution in [0.3, 0.4) is 0 Å². The highest BCUT2D eigenvalue weighted by atomic mass is 19.4. The van der Waals surface area contributed by atoms with Gasteiger partial charge in [-0.3, -0.25) is 4.79 Å². The van der Waals surface area contributed by atoms with E-state index < -0.39 is 17.3 Å². The van der Waals surface area contributed by atoms with Crippen molar-refractivity contribution in [1.82, 2.24) is 29.7 Å². The fourth-order valence-corrected chi connectivity index (χ4v) is 3.07. The number of fused-ring (bicyclic) bond motifs is 2. The second kappa shape index (κ2) is 6.44. The van der Waals surface area contributed by atoms with Crippen LogP contribution < -0.4 is 11.2 Å². The molecule has 3 heterocycles. The van der Waals surface area contributed by atoms with Crippen molar-refractivity contribution in [3.05, 3.63) is 47.9 Å². The first-order valence-corrected chi connectivity index (χ1v) is 8.95. The molecule has 4 aromatic rings. The third-order valence-corrected chi connectivity index (χ3v) is 4.35. The Bertz CT molecular complexity index is 1280. The highest BCUT2D eigenvalue weighted by Gasteiger charge is 2.31. The SMILES string of the molecule is CC(C)(C)NC(=O)c1cn(N)c2ncc(-n3ncc4cc(C(F)(F)F)ccc43)nc12. The zero-order chi connectivity index (χ0) is 21.8. The fourth-order valence-electron chi connectivity index (χ4n) is 3.07. The molecule has 0 spiro atoms. The molecule has 0 bridgehead atoms. The summed E-state index contributed by atoms with van der Waals surface area (Å²) in [7, 11) is 0. The highest BCUT2D eigenvalue weighted by Crippen LogP contribution is 2.32. The lowest BCUT2D eigenvalue weighted by Crippen LogP contribution is -2.40. The van der Waals surface area contributed by atoms with E-state index in [0.29, 0.717) is 10.9 Å². The maximum atomic E-state index is 13.0. The molecular formula is C19H18F3N7O. The van der Waals surface area contributed by atoms with Gasteiger partial charge >= 0.3 is 6.18 Å². The Labute approximate surface area is 168 Å². The molecule has 0 radical (unpaired) electrons. The molecule has 0 aliphatic heterocycles. The van der Waals surface area contributed by atoms with Gasteiger partial charge in [-0.05, 0) is 39.0 Å². The molecule has 0 atom stereocenters. The van der Waals surface area contributed by atoms with E-state index in [-0.39, 0.29) is 28.5 Å². The number of nitrogens with zero attached hydrogens (tertiary/aromatic N) is 5. The number of nitrogens with two attached hydrogens (primary N) is 1. The Morgan fingerprint density at radius 1 is 1.17 bits per heavy atom. The summed E-state index contributed by atoms with van der Waals surface area (Å²) < 4.78 is 41.4. The Balaban J connectivity index is 1.82. The number of rotatable bonds is 2. The smallest absolute Gasteiger partial charge is 0.347 e. The molecule has 0 fully saturated rings. The monoisotopic (exact) mass is 417 g/mol. The van der Waals surface area contributed by atoms with Crippen LogP contribution in [0, 0.1) is 0 Å². The van der Waals surface area contributed by atoms with Crippen molar-refractivity contribution in [3.63, 3.8) is 0 Å². The summed E-state index contributed by atoms with van der Waals surface area (Å²) in [6.07, 6.45) is -0.320. The molecule has 8 nitrogen and oxygen atoms in total. The number of benzene rings is 1. The topological polar surface area (TPSA) is 104 Å². The summed E-state index contributed by atoms with van der Waals surface area (Å²) in [5, 5.41) is 7.28. The summed E-state index contributed by atoms with van der Waals surface area (Å²) in [5.74, 6) is 5.77. The third-order valence-electron chi connectivity index (χ3n) is 4.35. The Kier molecular flexibility index (Phi) is 4.22. The summed E-state index contributed by atoms with van der Waals surface area (Å²) in [4.78, 5) is 21.4. The number of hydrogen-bond donors (Lipinski definition) is 2. The summed E-state index contributed by atoms with van der Waals surface area (Å²) in [6.45, 7) is 5.53. The number of nitrogens with one attached hydrogen (secondary N) is 1. The lowest BCUT2D eigenvalue weighted by Gasteiger charge is -2.19. The molecule has 1 amide bonds. The van der Waals surface area contributed by atoms with Gasteiger partial charge in [0.15, 0.2) is 11.5 Å². The number of amides is 1. The van der Waals surface area contributed by atoms with E-state index in [0.717, 1.165) is 12.1 Å². The number of carbonyl (C=O) groups excluding carboxylic acids is 1. The molecule has 0 unspecified atom stereocenters. The van der Waals surface area contributed by atoms with Crippen LogP contribution in [0.1, 0.15) is 36.7 Å². The van der Waals surface area contributed by atoms with Crippen LogP contribution in [0.2, 0.25) is 0 Å². The van der Waals surface area contributed by atoms with Crippen LogP contribution >= 0.6 is 0 Å². The minimum absolute atomic E-state index is 0.229. The van der Waals surface area contributed by atoms with E-state index >= 15 is 0 Å². The van der Waals surface area contributed by atoms with Crippen LogP contribution in [0.5, 0.6) is 0 Å². The lowest BCUT2D eigenvalue weighted by molar-refractivity contribution is -0.137. The molecule has 30 heavy (non-hydrogen) atoms. The molecule has 3 aromatic heterocycles. The quantitative estimate of drug-likeness (QED) is 0.488. The van der Waals surface area contributed by atoms with Gasteiger partial charge in [0, 0.05) is 17.1 Å². The van der Waals surface area contributed by atoms with Gasteiger partial charge in [0.2, 0.25) is 0 Å². The van der Waals surface area contributed by atoms with Crippen molar-refractivity contribution in [2.45, 2.75) is 32.5 Å². The van der Waals surface area contributed by atoms with Crippen LogP contribution in [0.15, 0.2) is 36.8 Å². The van der Waals surface area contributed by atoms with Crippen LogP contribution in [-0.4, -0.2) is 35.9 Å². The molecule has 4 rings (SSSR count). The Morgan fingerprint density at radius 2 is 1.90 bits per heavy atom. The predicted octanol–water partition coefficient (Wildman–Crippen LogP) is 3.03. The maximum absolute atomic E-state index is 13.0. The number of aromatic nitrogens is 5. The average molecular weight is 417 g/mol. The van der Waals surface area contributed by atoms with Gasteiger partial charge < -0.3 is 11.2 Å². The zero-order valence-electron chi connectivity index (χ0n) is 16.3. The predicted molar refractivity (Wildman–Crippen MR) is 105 cm³/mol. The average Bonchev–Trinajstić information content (AvgIpc) is 3.20. The molecular weight excluding hydrogens is 399 g/mol. The lowest BCUT2D eigenvalue weighted by atomic mass is 10.1. The van der Waals surface area contributed by atoms with Gasteiger partial charge in [-0.25, -0.2) is 19.3 Å². The second-order valence-corrected chi connectivity index (χ2v) is 7.88. The van der Waals surface area contributed by atoms with Gasteiger partial charge in [-0.1, -0.05) is 0 Å². The second-order valence-electron chi connectivity index (χ2n) is 7.88. The molecule has 156 valence electrons. The summed E-state index contributed by atoms with van der Waals surface area (Å²) in [5.41, 5.74) is -0.0463. The minimum Gasteiger partial charge on any atom is -0.347 e. The van der Waals surface area contributed by atoms with Gasteiger partial charge in [-0.2, -0.15) is 18.3 Å². The standard InChI is InChI=1S/C19H18F3N7O/c1-18(2,3)27-17(30)12-9-28(23)16-15(12)26-14(8-24-16)29-13-5-4-11(19(20,21)22)6-10(13)7-25-29/h4-9H,23H2,1-3H3,(H,27,30). The first-order valence-electron chi connectivity index (χ1n) is 8.95. The van der Waals surface area contributed by atoms with Crippen molar-refractivity contribution in [2.75, 3.05) is 5.84 Å². The van der Waals surface area contributed by atoms with E-state index in [4.69, 9.17) is 5.84 Å². The van der Waals surface area contributed by atoms with Crippen molar-refractivity contribution in [1.29, 1.82) is 0 Å². The van der Waals surface area contributed by atoms with Crippen LogP contribution in [0.25, 0.3) is 27.9 Å². The molecule has 0 aliphatic rings. The Hall–Kier alpha value is -3.63. The van der Waals surface area contributed by atoms with E-state index in [9.17, 15) is 18.0 Å². The van der Waals surface area contributed by atoms with E-state index in [2.05, 4.69) is 20.4 Å². The molecule has 1 aromatic carbocycles. The van der Waals surface area contributed by atoms with Gasteiger partial charge in [0.05, 0.1) is 29.0 Å². The highest BCUT2D eigenvalue weighted by molar-refractivity contribution is 6.05. The van der Waals surface area contributed by atoms with E-state index in [1.165, 1.54) is 34.0 Å². The largest absolute Gasteiger partial charge is 0.416 e. The number of halogens is 3. The first kappa shape index (κ1) is 19.7. The van der Waals surface area contributed by atoms with Gasteiger partial charge in [-0.15, -0.1) is 0 Å². The number of carbonyl (C=O) groups is 1. The van der Waals surface area contributed by atoms with Crippen molar-refractivity contribution in [3.8, 4) is 5.82 Å². The minimum atomic E-state index is -4.45. The third kappa shape index (κ3) is 3.42. The number of nitrogen functional groups attached to an aromatic ring is 1. The fraction of sp³-hybridized carbons (Fsp3) is 0.263. The number of alkyl halides is 3. The van der Waals surface area contributed by atoms with Gasteiger partial charge in [0.1, 0.15) is 5.52 Å². The molecule has 0 aliphatic carbocycles. The number of hydrogen-bond acceptors (Lipinski definition) is 5. The van der Waals surface area contributed by atoms with E-state index in [1.807, 2.05) is 20.8 Å². The molecule has 0 saturated carbocycles. The molecule has 11 heteroatoms. The maximum Gasteiger partial charge on any atom is 0.416 e. The van der Waals surface area contributed by atoms with Crippen LogP contribution in [0.4, 0.5) is 13.2 Å².